The average Bonchev–Trinajstić information content (AvgIpc) is 2.65. The van der Waals surface area contributed by atoms with Gasteiger partial charge in [0.2, 0.25) is 5.91 Å². The number of hydrogen-bond acceptors (Lipinski definition) is 5. The largest absolute Gasteiger partial charge is 0.353 e. The normalized spacial score (nSPS) is 22.1. The molecule has 0 aromatic heterocycles. The lowest BCUT2D eigenvalue weighted by Crippen LogP contribution is -2.49. The van der Waals surface area contributed by atoms with E-state index in [0.717, 1.165) is 11.6 Å². The predicted molar refractivity (Wildman–Crippen MR) is 66.2 cm³/mol. The number of carbonyl (C=O) groups excluding carboxylic acids is 1. The summed E-state index contributed by atoms with van der Waals surface area (Å²) in [4.78, 5) is 11.6. The van der Waals surface area contributed by atoms with Crippen LogP contribution in [0.15, 0.2) is 0 Å². The fourth-order valence-corrected chi connectivity index (χ4v) is 2.39. The molecule has 0 radical (unpaired) electrons. The zero-order valence-electron chi connectivity index (χ0n) is 9.74. The Morgan fingerprint density at radius 2 is 2.19 bits per heavy atom. The highest BCUT2D eigenvalue weighted by atomic mass is 32.2. The van der Waals surface area contributed by atoms with Gasteiger partial charge < -0.3 is 5.32 Å². The summed E-state index contributed by atoms with van der Waals surface area (Å²) in [6.45, 7) is 3.37. The molecule has 1 aliphatic rings. The van der Waals surface area contributed by atoms with Crippen molar-refractivity contribution in [3.63, 3.8) is 0 Å². The van der Waals surface area contributed by atoms with E-state index in [0.29, 0.717) is 0 Å². The molecule has 0 spiro atoms. The lowest BCUT2D eigenvalue weighted by molar-refractivity contribution is -0.122. The fourth-order valence-electron chi connectivity index (χ4n) is 1.12. The zero-order chi connectivity index (χ0) is 12.4. The van der Waals surface area contributed by atoms with Crippen molar-refractivity contribution in [1.82, 2.24) is 10.6 Å². The quantitative estimate of drug-likeness (QED) is 0.723. The summed E-state index contributed by atoms with van der Waals surface area (Å²) in [5.74, 6) is 1.39. The minimum absolute atomic E-state index is 0.123. The highest BCUT2D eigenvalue weighted by Gasteiger charge is 2.32. The summed E-state index contributed by atoms with van der Waals surface area (Å²) in [6, 6.07) is -0.194. The van der Waals surface area contributed by atoms with Gasteiger partial charge in [-0.3, -0.25) is 10.1 Å². The van der Waals surface area contributed by atoms with Gasteiger partial charge in [0.1, 0.15) is 0 Å². The maximum Gasteiger partial charge on any atom is 0.238 e. The Hall–Kier alpha value is -0.270. The van der Waals surface area contributed by atoms with E-state index in [4.69, 9.17) is 0 Å². The van der Waals surface area contributed by atoms with E-state index in [9.17, 15) is 13.2 Å². The molecule has 0 saturated carbocycles. The monoisotopic (exact) mass is 266 g/mol. The van der Waals surface area contributed by atoms with Gasteiger partial charge in [0.15, 0.2) is 9.84 Å². The van der Waals surface area contributed by atoms with Crippen molar-refractivity contribution < 1.29 is 13.2 Å². The number of sulfone groups is 1. The summed E-state index contributed by atoms with van der Waals surface area (Å²) in [7, 11) is -3.16. The van der Waals surface area contributed by atoms with Crippen LogP contribution in [0, 0.1) is 0 Å². The van der Waals surface area contributed by atoms with Gasteiger partial charge in [-0.25, -0.2) is 8.42 Å². The number of carbonyl (C=O) groups is 1. The predicted octanol–water partition coefficient (Wildman–Crippen LogP) is -0.412. The lowest BCUT2D eigenvalue weighted by atomic mass is 10.2. The van der Waals surface area contributed by atoms with Gasteiger partial charge in [0, 0.05) is 24.4 Å². The van der Waals surface area contributed by atoms with E-state index < -0.39 is 14.6 Å². The van der Waals surface area contributed by atoms with Crippen molar-refractivity contribution in [1.29, 1.82) is 0 Å². The number of hydrogen-bond donors (Lipinski definition) is 2. The Labute approximate surface area is 101 Å². The summed E-state index contributed by atoms with van der Waals surface area (Å²) in [5.41, 5.74) is 0. The average molecular weight is 266 g/mol. The van der Waals surface area contributed by atoms with E-state index in [-0.39, 0.29) is 18.5 Å². The van der Waals surface area contributed by atoms with Gasteiger partial charge in [-0.2, -0.15) is 0 Å². The molecule has 0 bridgehead atoms. The Morgan fingerprint density at radius 3 is 2.62 bits per heavy atom. The molecule has 1 aliphatic heterocycles. The minimum atomic E-state index is -3.16. The van der Waals surface area contributed by atoms with Crippen LogP contribution in [0.5, 0.6) is 0 Å². The molecule has 0 aromatic rings. The summed E-state index contributed by atoms with van der Waals surface area (Å²) >= 11 is 1.66. The molecular weight excluding hydrogens is 248 g/mol. The summed E-state index contributed by atoms with van der Waals surface area (Å²) in [6.07, 6.45) is 1.18. The molecule has 5 nitrogen and oxygen atoms in total. The lowest BCUT2D eigenvalue weighted by Gasteiger charge is -2.23. The number of nitrogens with one attached hydrogen (secondary N) is 2. The number of rotatable bonds is 4. The third-order valence-corrected chi connectivity index (χ3v) is 5.82. The van der Waals surface area contributed by atoms with Crippen molar-refractivity contribution in [3.05, 3.63) is 0 Å². The van der Waals surface area contributed by atoms with Gasteiger partial charge in [-0.05, 0) is 13.8 Å². The Balaban J connectivity index is 2.48. The Bertz CT molecular complexity index is 359. The second-order valence-electron chi connectivity index (χ2n) is 4.52. The standard InChI is InChI=1S/C9H18N2O3S2/c1-9(2,16(3,13)14)5-10-8(12)7-4-15-6-11-7/h7,11H,4-6H2,1-3H3,(H,10,12). The molecule has 1 unspecified atom stereocenters. The SMILES string of the molecule is CC(C)(CNC(=O)C1CSCN1)S(C)(=O)=O. The molecule has 0 aromatic carbocycles. The summed E-state index contributed by atoms with van der Waals surface area (Å²) < 4.78 is 21.9. The molecule has 1 saturated heterocycles. The van der Waals surface area contributed by atoms with Crippen LogP contribution >= 0.6 is 11.8 Å². The highest BCUT2D eigenvalue weighted by molar-refractivity contribution is 7.99. The van der Waals surface area contributed by atoms with Crippen molar-refractivity contribution in [2.24, 2.45) is 0 Å². The zero-order valence-corrected chi connectivity index (χ0v) is 11.4. The number of thioether (sulfide) groups is 1. The highest BCUT2D eigenvalue weighted by Crippen LogP contribution is 2.14. The van der Waals surface area contributed by atoms with E-state index >= 15 is 0 Å². The van der Waals surface area contributed by atoms with Crippen LogP contribution in [0.2, 0.25) is 0 Å². The first kappa shape index (κ1) is 13.8. The molecule has 2 N–H and O–H groups in total. The molecule has 0 aliphatic carbocycles. The summed E-state index contributed by atoms with van der Waals surface area (Å²) in [5, 5.41) is 5.71. The van der Waals surface area contributed by atoms with Crippen LogP contribution in [-0.4, -0.2) is 49.5 Å². The molecule has 1 atom stereocenters. The Kier molecular flexibility index (Phi) is 4.25. The van der Waals surface area contributed by atoms with Gasteiger partial charge in [-0.15, -0.1) is 11.8 Å². The third-order valence-electron chi connectivity index (χ3n) is 2.72. The van der Waals surface area contributed by atoms with Gasteiger partial charge in [0.25, 0.3) is 0 Å². The van der Waals surface area contributed by atoms with E-state index in [1.54, 1.807) is 25.6 Å². The van der Waals surface area contributed by atoms with Crippen LogP contribution in [0.25, 0.3) is 0 Å². The van der Waals surface area contributed by atoms with Crippen LogP contribution in [0.1, 0.15) is 13.8 Å². The van der Waals surface area contributed by atoms with Gasteiger partial charge >= 0.3 is 0 Å². The number of amides is 1. The van der Waals surface area contributed by atoms with Crippen LogP contribution in [0.4, 0.5) is 0 Å². The van der Waals surface area contributed by atoms with Crippen molar-refractivity contribution >= 4 is 27.5 Å². The Morgan fingerprint density at radius 1 is 1.56 bits per heavy atom. The van der Waals surface area contributed by atoms with Crippen molar-refractivity contribution in [2.75, 3.05) is 24.4 Å². The van der Waals surface area contributed by atoms with E-state index in [2.05, 4.69) is 10.6 Å². The van der Waals surface area contributed by atoms with Crippen molar-refractivity contribution in [2.45, 2.75) is 24.6 Å². The van der Waals surface area contributed by atoms with Crippen LogP contribution in [-0.2, 0) is 14.6 Å². The minimum Gasteiger partial charge on any atom is -0.353 e. The van der Waals surface area contributed by atoms with Gasteiger partial charge in [-0.1, -0.05) is 0 Å². The topological polar surface area (TPSA) is 75.3 Å². The molecular formula is C9H18N2O3S2. The first-order valence-corrected chi connectivity index (χ1v) is 8.07. The van der Waals surface area contributed by atoms with Crippen LogP contribution in [0.3, 0.4) is 0 Å². The van der Waals surface area contributed by atoms with Crippen LogP contribution < -0.4 is 10.6 Å². The fraction of sp³-hybridized carbons (Fsp3) is 0.889. The molecule has 94 valence electrons. The van der Waals surface area contributed by atoms with E-state index in [1.807, 2.05) is 0 Å². The second-order valence-corrected chi connectivity index (χ2v) is 8.20. The smallest absolute Gasteiger partial charge is 0.238 e. The maximum atomic E-state index is 11.6. The van der Waals surface area contributed by atoms with E-state index in [1.165, 1.54) is 6.26 Å². The molecule has 1 heterocycles. The molecule has 1 fully saturated rings. The molecule has 1 rings (SSSR count). The third kappa shape index (κ3) is 3.36. The first-order chi connectivity index (χ1) is 7.24. The maximum absolute atomic E-state index is 11.6. The van der Waals surface area contributed by atoms with Gasteiger partial charge in [0.05, 0.1) is 10.8 Å². The molecule has 1 amide bonds. The molecule has 7 heteroatoms. The second kappa shape index (κ2) is 4.93. The first-order valence-electron chi connectivity index (χ1n) is 5.02. The molecule has 16 heavy (non-hydrogen) atoms. The van der Waals surface area contributed by atoms with Crippen molar-refractivity contribution in [3.8, 4) is 0 Å².